The van der Waals surface area contributed by atoms with Gasteiger partial charge >= 0.3 is 6.36 Å². The molecule has 0 atom stereocenters. The van der Waals surface area contributed by atoms with Crippen LogP contribution in [0.3, 0.4) is 0 Å². The number of carbonyl (C=O) groups is 1. The molecule has 0 saturated carbocycles. The molecular formula is C20H13Cl2F3N2O4. The van der Waals surface area contributed by atoms with Crippen LogP contribution in [0.25, 0.3) is 0 Å². The molecule has 0 unspecified atom stereocenters. The number of ether oxygens (including phenoxy) is 3. The molecule has 0 fully saturated rings. The van der Waals surface area contributed by atoms with E-state index in [-0.39, 0.29) is 32.9 Å². The zero-order valence-electron chi connectivity index (χ0n) is 15.7. The highest BCUT2D eigenvalue weighted by Crippen LogP contribution is 2.39. The predicted octanol–water partition coefficient (Wildman–Crippen LogP) is 6.34. The Hall–Kier alpha value is -3.17. The van der Waals surface area contributed by atoms with Crippen LogP contribution in [0.5, 0.6) is 23.0 Å². The smallest absolute Gasteiger partial charge is 0.493 e. The van der Waals surface area contributed by atoms with E-state index >= 15 is 0 Å². The molecular weight excluding hydrogens is 460 g/mol. The molecule has 0 aliphatic rings. The van der Waals surface area contributed by atoms with Crippen LogP contribution in [0.15, 0.2) is 54.9 Å². The van der Waals surface area contributed by atoms with E-state index in [0.717, 1.165) is 12.1 Å². The van der Waals surface area contributed by atoms with Crippen molar-refractivity contribution in [2.45, 2.75) is 6.36 Å². The number of pyridine rings is 1. The molecule has 0 aliphatic heterocycles. The molecule has 1 amide bonds. The van der Waals surface area contributed by atoms with E-state index in [4.69, 9.17) is 32.7 Å². The minimum absolute atomic E-state index is 0.00131. The van der Waals surface area contributed by atoms with Crippen LogP contribution in [0.4, 0.5) is 18.9 Å². The van der Waals surface area contributed by atoms with Crippen molar-refractivity contribution in [3.8, 4) is 23.0 Å². The SMILES string of the molecule is COc1cc(OC(F)(F)F)ccc1Oc1cc(Cl)c(Cl)cc1C(=O)Nc1cccnc1. The fourth-order valence-electron chi connectivity index (χ4n) is 2.47. The van der Waals surface area contributed by atoms with E-state index in [0.29, 0.717) is 5.69 Å². The highest BCUT2D eigenvalue weighted by Gasteiger charge is 2.31. The Balaban J connectivity index is 1.94. The lowest BCUT2D eigenvalue weighted by atomic mass is 10.1. The maximum absolute atomic E-state index is 12.8. The van der Waals surface area contributed by atoms with Crippen molar-refractivity contribution in [3.63, 3.8) is 0 Å². The summed E-state index contributed by atoms with van der Waals surface area (Å²) in [4.78, 5) is 16.7. The lowest BCUT2D eigenvalue weighted by molar-refractivity contribution is -0.274. The zero-order chi connectivity index (χ0) is 22.6. The Morgan fingerprint density at radius 1 is 1.03 bits per heavy atom. The Morgan fingerprint density at radius 3 is 2.42 bits per heavy atom. The molecule has 2 aromatic carbocycles. The van der Waals surface area contributed by atoms with Crippen LogP contribution in [-0.2, 0) is 0 Å². The number of aromatic nitrogens is 1. The van der Waals surface area contributed by atoms with Crippen molar-refractivity contribution in [1.82, 2.24) is 4.98 Å². The van der Waals surface area contributed by atoms with Crippen molar-refractivity contribution in [2.24, 2.45) is 0 Å². The summed E-state index contributed by atoms with van der Waals surface area (Å²) in [7, 11) is 1.24. The monoisotopic (exact) mass is 472 g/mol. The van der Waals surface area contributed by atoms with Crippen LogP contribution in [0.1, 0.15) is 10.4 Å². The molecule has 0 aliphatic carbocycles. The van der Waals surface area contributed by atoms with Crippen molar-refractivity contribution < 1.29 is 32.2 Å². The molecule has 0 radical (unpaired) electrons. The van der Waals surface area contributed by atoms with Crippen LogP contribution in [0.2, 0.25) is 10.0 Å². The van der Waals surface area contributed by atoms with Gasteiger partial charge in [-0.3, -0.25) is 9.78 Å². The molecule has 162 valence electrons. The summed E-state index contributed by atoms with van der Waals surface area (Å²) < 4.78 is 52.1. The third kappa shape index (κ3) is 5.93. The highest BCUT2D eigenvalue weighted by atomic mass is 35.5. The number of hydrogen-bond acceptors (Lipinski definition) is 5. The first-order valence-corrected chi connectivity index (χ1v) is 9.24. The molecule has 3 aromatic rings. The van der Waals surface area contributed by atoms with E-state index in [1.54, 1.807) is 18.3 Å². The van der Waals surface area contributed by atoms with Crippen LogP contribution < -0.4 is 19.5 Å². The van der Waals surface area contributed by atoms with Crippen LogP contribution in [-0.4, -0.2) is 24.4 Å². The van der Waals surface area contributed by atoms with E-state index in [1.807, 2.05) is 0 Å². The maximum Gasteiger partial charge on any atom is 0.573 e. The second-order valence-corrected chi connectivity index (χ2v) is 6.74. The Labute approximate surface area is 184 Å². The number of amides is 1. The number of nitrogens with zero attached hydrogens (tertiary/aromatic N) is 1. The number of halogens is 5. The van der Waals surface area contributed by atoms with E-state index < -0.39 is 18.0 Å². The van der Waals surface area contributed by atoms with Gasteiger partial charge in [-0.15, -0.1) is 13.2 Å². The van der Waals surface area contributed by atoms with Crippen molar-refractivity contribution in [2.75, 3.05) is 12.4 Å². The second kappa shape index (κ2) is 9.32. The average molecular weight is 473 g/mol. The fraction of sp³-hybridized carbons (Fsp3) is 0.100. The Morgan fingerprint density at radius 2 is 1.77 bits per heavy atom. The molecule has 31 heavy (non-hydrogen) atoms. The van der Waals surface area contributed by atoms with E-state index in [9.17, 15) is 18.0 Å². The minimum Gasteiger partial charge on any atom is -0.493 e. The lowest BCUT2D eigenvalue weighted by Gasteiger charge is -2.16. The molecule has 11 heteroatoms. The summed E-state index contributed by atoms with van der Waals surface area (Å²) >= 11 is 12.1. The van der Waals surface area contributed by atoms with Gasteiger partial charge < -0.3 is 19.5 Å². The van der Waals surface area contributed by atoms with Gasteiger partial charge in [-0.25, -0.2) is 0 Å². The van der Waals surface area contributed by atoms with Crippen molar-refractivity contribution in [3.05, 3.63) is 70.5 Å². The molecule has 6 nitrogen and oxygen atoms in total. The third-order valence-electron chi connectivity index (χ3n) is 3.78. The van der Waals surface area contributed by atoms with Gasteiger partial charge in [0, 0.05) is 18.3 Å². The van der Waals surface area contributed by atoms with Gasteiger partial charge in [0.15, 0.2) is 11.5 Å². The summed E-state index contributed by atoms with van der Waals surface area (Å²) in [5.74, 6) is -1.12. The maximum atomic E-state index is 12.8. The van der Waals surface area contributed by atoms with Gasteiger partial charge in [0.2, 0.25) is 0 Å². The summed E-state index contributed by atoms with van der Waals surface area (Å²) in [6.45, 7) is 0. The van der Waals surface area contributed by atoms with E-state index in [1.165, 1.54) is 31.5 Å². The summed E-state index contributed by atoms with van der Waals surface area (Å²) in [6.07, 6.45) is -1.88. The molecule has 0 saturated heterocycles. The van der Waals surface area contributed by atoms with Gasteiger partial charge in [0.05, 0.1) is 34.6 Å². The standard InChI is InChI=1S/C20H13Cl2F3N2O4/c1-29-18-7-12(31-20(23,24)25)4-5-16(18)30-17-9-15(22)14(21)8-13(17)19(28)27-11-3-2-6-26-10-11/h2-10H,1H3,(H,27,28). The first-order chi connectivity index (χ1) is 14.7. The van der Waals surface area contributed by atoms with Gasteiger partial charge in [0.1, 0.15) is 11.5 Å². The highest BCUT2D eigenvalue weighted by molar-refractivity contribution is 6.42. The topological polar surface area (TPSA) is 69.7 Å². The number of nitrogens with one attached hydrogen (secondary N) is 1. The average Bonchev–Trinajstić information content (AvgIpc) is 2.71. The summed E-state index contributed by atoms with van der Waals surface area (Å²) in [6, 6.07) is 9.11. The minimum atomic E-state index is -4.87. The van der Waals surface area contributed by atoms with Crippen LogP contribution in [0, 0.1) is 0 Å². The molecule has 1 N–H and O–H groups in total. The molecule has 3 rings (SSSR count). The second-order valence-electron chi connectivity index (χ2n) is 5.92. The number of methoxy groups -OCH3 is 1. The van der Waals surface area contributed by atoms with Gasteiger partial charge in [-0.1, -0.05) is 23.2 Å². The molecule has 1 heterocycles. The Kier molecular flexibility index (Phi) is 6.77. The number of hydrogen-bond donors (Lipinski definition) is 1. The summed E-state index contributed by atoms with van der Waals surface area (Å²) in [5, 5.41) is 2.84. The quantitative estimate of drug-likeness (QED) is 0.453. The van der Waals surface area contributed by atoms with Crippen molar-refractivity contribution in [1.29, 1.82) is 0 Å². The third-order valence-corrected chi connectivity index (χ3v) is 4.50. The number of benzene rings is 2. The first-order valence-electron chi connectivity index (χ1n) is 8.48. The zero-order valence-corrected chi connectivity index (χ0v) is 17.2. The molecule has 0 bridgehead atoms. The molecule has 0 spiro atoms. The first kappa shape index (κ1) is 22.5. The van der Waals surface area contributed by atoms with Crippen LogP contribution >= 0.6 is 23.2 Å². The van der Waals surface area contributed by atoms with Crippen molar-refractivity contribution >= 4 is 34.8 Å². The van der Waals surface area contributed by atoms with Gasteiger partial charge in [-0.05, 0) is 30.3 Å². The van der Waals surface area contributed by atoms with Gasteiger partial charge in [0.25, 0.3) is 5.91 Å². The lowest BCUT2D eigenvalue weighted by Crippen LogP contribution is -2.17. The number of rotatable bonds is 6. The number of alkyl halides is 3. The molecule has 1 aromatic heterocycles. The predicted molar refractivity (Wildman–Crippen MR) is 108 cm³/mol. The number of carbonyl (C=O) groups excluding carboxylic acids is 1. The largest absolute Gasteiger partial charge is 0.573 e. The normalized spacial score (nSPS) is 11.0. The number of anilines is 1. The fourth-order valence-corrected chi connectivity index (χ4v) is 2.79. The van der Waals surface area contributed by atoms with Gasteiger partial charge in [-0.2, -0.15) is 0 Å². The van der Waals surface area contributed by atoms with E-state index in [2.05, 4.69) is 15.0 Å². The Bertz CT molecular complexity index is 1100. The summed E-state index contributed by atoms with van der Waals surface area (Å²) in [5.41, 5.74) is 0.451.